The number of rotatable bonds is 6. The molecule has 1 aromatic heterocycles. The predicted octanol–water partition coefficient (Wildman–Crippen LogP) is -0.540. The zero-order chi connectivity index (χ0) is 15.2. The van der Waals surface area contributed by atoms with Gasteiger partial charge in [0, 0.05) is 51.5 Å². The highest BCUT2D eigenvalue weighted by Crippen LogP contribution is 2.05. The standard InChI is InChI=1S/C14H25N5O2/c1-11(2)19-9-12(7-17-19)14(21)16-8-13(20)10-18-5-3-15-4-6-18/h7,9,11,13,15,20H,3-6,8,10H2,1-2H3,(H,16,21)/t13-/m1/s1. The highest BCUT2D eigenvalue weighted by atomic mass is 16.3. The Morgan fingerprint density at radius 3 is 2.81 bits per heavy atom. The van der Waals surface area contributed by atoms with Crippen LogP contribution < -0.4 is 10.6 Å². The van der Waals surface area contributed by atoms with Crippen molar-refractivity contribution in [2.24, 2.45) is 0 Å². The van der Waals surface area contributed by atoms with E-state index in [9.17, 15) is 9.90 Å². The van der Waals surface area contributed by atoms with Crippen LogP contribution in [0.4, 0.5) is 0 Å². The summed E-state index contributed by atoms with van der Waals surface area (Å²) < 4.78 is 1.74. The van der Waals surface area contributed by atoms with Gasteiger partial charge in [0.2, 0.25) is 0 Å². The largest absolute Gasteiger partial charge is 0.390 e. The second-order valence-electron chi connectivity index (χ2n) is 5.72. The molecule has 0 aliphatic carbocycles. The van der Waals surface area contributed by atoms with Gasteiger partial charge in [-0.05, 0) is 13.8 Å². The van der Waals surface area contributed by atoms with Crippen LogP contribution in [-0.4, -0.2) is 71.1 Å². The summed E-state index contributed by atoms with van der Waals surface area (Å²) in [6.45, 7) is 8.64. The highest BCUT2D eigenvalue weighted by Gasteiger charge is 2.16. The Labute approximate surface area is 125 Å². The minimum atomic E-state index is -0.549. The molecule has 1 fully saturated rings. The molecule has 1 atom stereocenters. The summed E-state index contributed by atoms with van der Waals surface area (Å²) >= 11 is 0. The summed E-state index contributed by atoms with van der Waals surface area (Å²) in [4.78, 5) is 14.2. The van der Waals surface area contributed by atoms with E-state index in [1.54, 1.807) is 17.1 Å². The Kier molecular flexibility index (Phi) is 5.72. The van der Waals surface area contributed by atoms with Crippen molar-refractivity contribution in [3.63, 3.8) is 0 Å². The molecule has 0 spiro atoms. The molecule has 2 heterocycles. The van der Waals surface area contributed by atoms with Gasteiger partial charge in [0.05, 0.1) is 17.9 Å². The number of carbonyl (C=O) groups is 1. The van der Waals surface area contributed by atoms with Crippen LogP contribution in [0.15, 0.2) is 12.4 Å². The molecule has 21 heavy (non-hydrogen) atoms. The lowest BCUT2D eigenvalue weighted by Crippen LogP contribution is -2.48. The number of aliphatic hydroxyl groups is 1. The van der Waals surface area contributed by atoms with Gasteiger partial charge >= 0.3 is 0 Å². The maximum atomic E-state index is 12.0. The van der Waals surface area contributed by atoms with Crippen LogP contribution in [0.1, 0.15) is 30.2 Å². The zero-order valence-electron chi connectivity index (χ0n) is 12.7. The first-order valence-corrected chi connectivity index (χ1v) is 7.49. The van der Waals surface area contributed by atoms with Crippen LogP contribution in [0.25, 0.3) is 0 Å². The summed E-state index contributed by atoms with van der Waals surface area (Å²) in [5, 5.41) is 20.2. The van der Waals surface area contributed by atoms with Crippen LogP contribution in [0, 0.1) is 0 Å². The van der Waals surface area contributed by atoms with Crippen molar-refractivity contribution in [2.45, 2.75) is 26.0 Å². The molecule has 7 nitrogen and oxygen atoms in total. The molecule has 1 aromatic rings. The van der Waals surface area contributed by atoms with Crippen molar-refractivity contribution in [1.29, 1.82) is 0 Å². The summed E-state index contributed by atoms with van der Waals surface area (Å²) in [5.74, 6) is -0.193. The average molecular weight is 295 g/mol. The third-order valence-electron chi connectivity index (χ3n) is 3.57. The molecule has 7 heteroatoms. The topological polar surface area (TPSA) is 82.4 Å². The van der Waals surface area contributed by atoms with Crippen LogP contribution >= 0.6 is 0 Å². The fourth-order valence-electron chi connectivity index (χ4n) is 2.31. The normalized spacial score (nSPS) is 17.9. The van der Waals surface area contributed by atoms with E-state index in [0.29, 0.717) is 12.1 Å². The van der Waals surface area contributed by atoms with Crippen molar-refractivity contribution in [1.82, 2.24) is 25.3 Å². The van der Waals surface area contributed by atoms with Gasteiger partial charge in [-0.3, -0.25) is 14.4 Å². The summed E-state index contributed by atoms with van der Waals surface area (Å²) in [5.41, 5.74) is 0.526. The Bertz CT molecular complexity index is 454. The van der Waals surface area contributed by atoms with E-state index in [-0.39, 0.29) is 18.5 Å². The number of β-amino-alcohol motifs (C(OH)–C–C–N with tert-alkyl or cyclic N) is 1. The summed E-state index contributed by atoms with van der Waals surface area (Å²) in [6.07, 6.45) is 2.73. The third-order valence-corrected chi connectivity index (χ3v) is 3.57. The van der Waals surface area contributed by atoms with Crippen LogP contribution in [0.5, 0.6) is 0 Å². The number of nitrogens with zero attached hydrogens (tertiary/aromatic N) is 3. The average Bonchev–Trinajstić information content (AvgIpc) is 2.96. The predicted molar refractivity (Wildman–Crippen MR) is 80.3 cm³/mol. The lowest BCUT2D eigenvalue weighted by Gasteiger charge is -2.29. The molecule has 0 unspecified atom stereocenters. The Balaban J connectivity index is 1.74. The van der Waals surface area contributed by atoms with Crippen molar-refractivity contribution >= 4 is 5.91 Å². The number of carbonyl (C=O) groups excluding carboxylic acids is 1. The van der Waals surface area contributed by atoms with Gasteiger partial charge in [0.1, 0.15) is 0 Å². The van der Waals surface area contributed by atoms with E-state index >= 15 is 0 Å². The second kappa shape index (κ2) is 7.53. The first-order valence-electron chi connectivity index (χ1n) is 7.49. The van der Waals surface area contributed by atoms with E-state index in [2.05, 4.69) is 20.6 Å². The molecule has 0 bridgehead atoms. The van der Waals surface area contributed by atoms with Crippen LogP contribution in [0.2, 0.25) is 0 Å². The van der Waals surface area contributed by atoms with Gasteiger partial charge in [-0.1, -0.05) is 0 Å². The van der Waals surface area contributed by atoms with Crippen molar-refractivity contribution < 1.29 is 9.90 Å². The number of piperazine rings is 1. The lowest BCUT2D eigenvalue weighted by atomic mass is 10.2. The SMILES string of the molecule is CC(C)n1cc(C(=O)NC[C@@H](O)CN2CCNCC2)cn1. The van der Waals surface area contributed by atoms with Gasteiger partial charge in [-0.2, -0.15) is 5.10 Å². The molecule has 1 aliphatic heterocycles. The highest BCUT2D eigenvalue weighted by molar-refractivity contribution is 5.93. The maximum absolute atomic E-state index is 12.0. The molecule has 0 saturated carbocycles. The Hall–Kier alpha value is -1.44. The van der Waals surface area contributed by atoms with Crippen molar-refractivity contribution in [3.05, 3.63) is 18.0 Å². The van der Waals surface area contributed by atoms with Crippen LogP contribution in [-0.2, 0) is 0 Å². The van der Waals surface area contributed by atoms with E-state index in [4.69, 9.17) is 0 Å². The number of amides is 1. The fourth-order valence-corrected chi connectivity index (χ4v) is 2.31. The monoisotopic (exact) mass is 295 g/mol. The smallest absolute Gasteiger partial charge is 0.254 e. The molecule has 0 radical (unpaired) electrons. The van der Waals surface area contributed by atoms with Gasteiger partial charge < -0.3 is 15.7 Å². The Morgan fingerprint density at radius 1 is 1.48 bits per heavy atom. The Morgan fingerprint density at radius 2 is 2.19 bits per heavy atom. The third kappa shape index (κ3) is 4.80. The summed E-state index contributed by atoms with van der Waals surface area (Å²) in [6, 6.07) is 0.227. The fraction of sp³-hybridized carbons (Fsp3) is 0.714. The first-order chi connectivity index (χ1) is 10.1. The molecular formula is C14H25N5O2. The lowest BCUT2D eigenvalue weighted by molar-refractivity contribution is 0.0842. The molecule has 0 aromatic carbocycles. The molecule has 1 aliphatic rings. The molecule has 2 rings (SSSR count). The molecule has 3 N–H and O–H groups in total. The van der Waals surface area contributed by atoms with Gasteiger partial charge in [0.25, 0.3) is 5.91 Å². The van der Waals surface area contributed by atoms with E-state index in [0.717, 1.165) is 26.2 Å². The first kappa shape index (κ1) is 15.9. The number of hydrogen-bond acceptors (Lipinski definition) is 5. The van der Waals surface area contributed by atoms with E-state index in [1.165, 1.54) is 0 Å². The molecule has 1 saturated heterocycles. The number of hydrogen-bond donors (Lipinski definition) is 3. The molecular weight excluding hydrogens is 270 g/mol. The molecule has 1 amide bonds. The van der Waals surface area contributed by atoms with Gasteiger partial charge in [-0.25, -0.2) is 0 Å². The minimum Gasteiger partial charge on any atom is -0.390 e. The number of aliphatic hydroxyl groups excluding tert-OH is 1. The van der Waals surface area contributed by atoms with Crippen molar-refractivity contribution in [3.8, 4) is 0 Å². The number of aromatic nitrogens is 2. The minimum absolute atomic E-state index is 0.193. The van der Waals surface area contributed by atoms with E-state index in [1.807, 2.05) is 13.8 Å². The van der Waals surface area contributed by atoms with Gasteiger partial charge in [0.15, 0.2) is 0 Å². The van der Waals surface area contributed by atoms with Crippen LogP contribution in [0.3, 0.4) is 0 Å². The van der Waals surface area contributed by atoms with Crippen molar-refractivity contribution in [2.75, 3.05) is 39.3 Å². The summed E-state index contributed by atoms with van der Waals surface area (Å²) in [7, 11) is 0. The quantitative estimate of drug-likeness (QED) is 0.656. The second-order valence-corrected chi connectivity index (χ2v) is 5.72. The van der Waals surface area contributed by atoms with E-state index < -0.39 is 6.10 Å². The number of nitrogens with one attached hydrogen (secondary N) is 2. The maximum Gasteiger partial charge on any atom is 0.254 e. The zero-order valence-corrected chi connectivity index (χ0v) is 12.7. The molecule has 118 valence electrons. The van der Waals surface area contributed by atoms with Gasteiger partial charge in [-0.15, -0.1) is 0 Å².